The van der Waals surface area contributed by atoms with Crippen molar-refractivity contribution in [2.24, 2.45) is 0 Å². The highest BCUT2D eigenvalue weighted by Gasteiger charge is 2.32. The van der Waals surface area contributed by atoms with E-state index in [0.29, 0.717) is 6.42 Å². The summed E-state index contributed by atoms with van der Waals surface area (Å²) < 4.78 is 3.75. The Hall–Kier alpha value is -3.10. The second-order valence-corrected chi connectivity index (χ2v) is 9.76. The van der Waals surface area contributed by atoms with Crippen molar-refractivity contribution in [1.82, 2.24) is 34.5 Å². The molecule has 178 valence electrons. The zero-order valence-corrected chi connectivity index (χ0v) is 20.5. The van der Waals surface area contributed by atoms with Gasteiger partial charge in [-0.05, 0) is 63.9 Å². The fourth-order valence-corrected chi connectivity index (χ4v) is 4.90. The van der Waals surface area contributed by atoms with Crippen LogP contribution in [-0.4, -0.2) is 65.3 Å². The zero-order valence-electron chi connectivity index (χ0n) is 20.5. The van der Waals surface area contributed by atoms with Crippen molar-refractivity contribution in [3.63, 3.8) is 0 Å². The Kier molecular flexibility index (Phi) is 5.95. The molecule has 1 aliphatic rings. The minimum atomic E-state index is -0.687. The van der Waals surface area contributed by atoms with Gasteiger partial charge in [0, 0.05) is 42.9 Å². The number of hydrogen-bond acceptors (Lipinski definition) is 6. The van der Waals surface area contributed by atoms with Gasteiger partial charge in [0.1, 0.15) is 0 Å². The van der Waals surface area contributed by atoms with Crippen LogP contribution in [0.5, 0.6) is 0 Å². The summed E-state index contributed by atoms with van der Waals surface area (Å²) >= 11 is 0. The van der Waals surface area contributed by atoms with Gasteiger partial charge >= 0.3 is 0 Å². The van der Waals surface area contributed by atoms with E-state index in [4.69, 9.17) is 10.1 Å². The van der Waals surface area contributed by atoms with Crippen molar-refractivity contribution in [2.45, 2.75) is 58.5 Å². The predicted molar refractivity (Wildman–Crippen MR) is 131 cm³/mol. The van der Waals surface area contributed by atoms with E-state index in [1.165, 1.54) is 11.1 Å². The van der Waals surface area contributed by atoms with Crippen LogP contribution in [-0.2, 0) is 19.3 Å². The van der Waals surface area contributed by atoms with Gasteiger partial charge in [0.2, 0.25) is 0 Å². The Morgan fingerprint density at radius 2 is 1.82 bits per heavy atom. The third kappa shape index (κ3) is 4.48. The van der Waals surface area contributed by atoms with E-state index in [0.717, 1.165) is 72.9 Å². The summed E-state index contributed by atoms with van der Waals surface area (Å²) in [7, 11) is 2.09. The molecule has 8 nitrogen and oxygen atoms in total. The molecule has 1 N–H and O–H groups in total. The summed E-state index contributed by atoms with van der Waals surface area (Å²) in [4.78, 5) is 7.03. The lowest BCUT2D eigenvalue weighted by Gasteiger charge is -2.36. The molecule has 0 unspecified atom stereocenters. The number of fused-ring (bicyclic) bond motifs is 1. The molecule has 0 amide bonds. The molecule has 5 rings (SSSR count). The van der Waals surface area contributed by atoms with Crippen molar-refractivity contribution < 1.29 is 5.11 Å². The number of aromatic nitrogens is 6. The molecule has 0 aliphatic carbocycles. The van der Waals surface area contributed by atoms with Gasteiger partial charge in [0.05, 0.1) is 28.9 Å². The molecule has 1 aliphatic heterocycles. The number of likely N-dealkylation sites (tertiary alicyclic amines) is 1. The highest BCUT2D eigenvalue weighted by Crippen LogP contribution is 2.26. The van der Waals surface area contributed by atoms with E-state index >= 15 is 0 Å². The first-order chi connectivity index (χ1) is 16.3. The molecular weight excluding hydrogens is 426 g/mol. The first-order valence-electron chi connectivity index (χ1n) is 12.1. The number of aliphatic hydroxyl groups is 1. The normalized spacial score (nSPS) is 16.4. The summed E-state index contributed by atoms with van der Waals surface area (Å²) in [5.74, 6) is 0. The summed E-state index contributed by atoms with van der Waals surface area (Å²) in [5, 5.41) is 24.4. The Morgan fingerprint density at radius 1 is 1.09 bits per heavy atom. The predicted octanol–water partition coefficient (Wildman–Crippen LogP) is 3.08. The third-order valence-corrected chi connectivity index (χ3v) is 6.96. The topological polar surface area (TPSA) is 84.4 Å². The van der Waals surface area contributed by atoms with Crippen molar-refractivity contribution in [2.75, 3.05) is 20.1 Å². The van der Waals surface area contributed by atoms with E-state index in [1.807, 2.05) is 17.6 Å². The lowest BCUT2D eigenvalue weighted by molar-refractivity contribution is -0.0157. The fraction of sp³-hybridized carbons (Fsp3) is 0.462. The Balaban J connectivity index is 1.33. The lowest BCUT2D eigenvalue weighted by Crippen LogP contribution is -2.44. The van der Waals surface area contributed by atoms with Crippen molar-refractivity contribution >= 4 is 5.65 Å². The maximum Gasteiger partial charge on any atom is 0.159 e. The fourth-order valence-electron chi connectivity index (χ4n) is 4.90. The number of piperidine rings is 1. The van der Waals surface area contributed by atoms with Gasteiger partial charge in [-0.3, -0.25) is 0 Å². The highest BCUT2D eigenvalue weighted by atomic mass is 16.3. The molecule has 0 atom stereocenters. The van der Waals surface area contributed by atoms with Crippen molar-refractivity contribution in [3.8, 4) is 5.69 Å². The minimum Gasteiger partial charge on any atom is -0.389 e. The van der Waals surface area contributed by atoms with Gasteiger partial charge in [0.15, 0.2) is 5.65 Å². The van der Waals surface area contributed by atoms with Crippen LogP contribution in [0.15, 0.2) is 36.5 Å². The van der Waals surface area contributed by atoms with Crippen LogP contribution in [0, 0.1) is 13.8 Å². The van der Waals surface area contributed by atoms with Gasteiger partial charge in [-0.1, -0.05) is 24.3 Å². The number of rotatable bonds is 6. The van der Waals surface area contributed by atoms with E-state index in [9.17, 15) is 5.11 Å². The van der Waals surface area contributed by atoms with E-state index < -0.39 is 5.60 Å². The van der Waals surface area contributed by atoms with Crippen molar-refractivity contribution in [1.29, 1.82) is 0 Å². The van der Waals surface area contributed by atoms with Crippen LogP contribution in [0.25, 0.3) is 11.3 Å². The second-order valence-electron chi connectivity index (χ2n) is 9.76. The van der Waals surface area contributed by atoms with E-state index in [1.54, 1.807) is 4.68 Å². The van der Waals surface area contributed by atoms with E-state index in [2.05, 4.69) is 66.4 Å². The van der Waals surface area contributed by atoms with Crippen LogP contribution >= 0.6 is 0 Å². The Morgan fingerprint density at radius 3 is 2.53 bits per heavy atom. The molecule has 0 spiro atoms. The highest BCUT2D eigenvalue weighted by molar-refractivity contribution is 5.54. The van der Waals surface area contributed by atoms with Gasteiger partial charge in [-0.2, -0.15) is 5.10 Å². The smallest absolute Gasteiger partial charge is 0.159 e. The molecule has 4 aromatic rings. The number of benzene rings is 1. The molecule has 3 aromatic heterocycles. The van der Waals surface area contributed by atoms with Crippen LogP contribution in [0.4, 0.5) is 0 Å². The Labute approximate surface area is 200 Å². The SMILES string of the molecule is CCc1nn2c(C)cc(C)nc2c1Cc1ccc(-n2cc(CC3(O)CCN(C)CC3)nn2)cc1. The first kappa shape index (κ1) is 22.7. The average molecular weight is 460 g/mol. The molecular formula is C26H33N7O. The first-order valence-corrected chi connectivity index (χ1v) is 12.1. The molecule has 1 fully saturated rings. The molecule has 0 radical (unpaired) electrons. The van der Waals surface area contributed by atoms with Crippen LogP contribution < -0.4 is 0 Å². The summed E-state index contributed by atoms with van der Waals surface area (Å²) in [6.07, 6.45) is 5.66. The van der Waals surface area contributed by atoms with Gasteiger partial charge in [0.25, 0.3) is 0 Å². The molecule has 1 saturated heterocycles. The summed E-state index contributed by atoms with van der Waals surface area (Å²) in [5.41, 5.74) is 7.65. The van der Waals surface area contributed by atoms with Crippen LogP contribution in [0.3, 0.4) is 0 Å². The van der Waals surface area contributed by atoms with E-state index in [-0.39, 0.29) is 0 Å². The van der Waals surface area contributed by atoms with Gasteiger partial charge in [-0.15, -0.1) is 5.10 Å². The Bertz CT molecular complexity index is 1300. The monoisotopic (exact) mass is 459 g/mol. The molecule has 34 heavy (non-hydrogen) atoms. The average Bonchev–Trinajstić information content (AvgIpc) is 3.41. The standard InChI is InChI=1S/C26H33N7O/c1-5-24-23(25-27-18(2)14-19(3)33(25)29-24)15-20-6-8-22(9-7-20)32-17-21(28-30-32)16-26(34)10-12-31(4)13-11-26/h6-9,14,17,34H,5,10-13,15-16H2,1-4H3. The molecule has 8 heteroatoms. The zero-order chi connectivity index (χ0) is 23.9. The van der Waals surface area contributed by atoms with Crippen molar-refractivity contribution in [3.05, 3.63) is 70.4 Å². The molecule has 0 bridgehead atoms. The molecule has 0 saturated carbocycles. The summed E-state index contributed by atoms with van der Waals surface area (Å²) in [6.45, 7) is 8.06. The second kappa shape index (κ2) is 8.92. The quantitative estimate of drug-likeness (QED) is 0.477. The van der Waals surface area contributed by atoms with Crippen LogP contribution in [0.1, 0.15) is 53.7 Å². The minimum absolute atomic E-state index is 0.541. The summed E-state index contributed by atoms with van der Waals surface area (Å²) in [6, 6.07) is 10.5. The van der Waals surface area contributed by atoms with Gasteiger partial charge < -0.3 is 10.0 Å². The lowest BCUT2D eigenvalue weighted by atomic mass is 9.87. The molecule has 1 aromatic carbocycles. The van der Waals surface area contributed by atoms with Gasteiger partial charge in [-0.25, -0.2) is 14.2 Å². The maximum atomic E-state index is 10.9. The number of aryl methyl sites for hydroxylation is 3. The van der Waals surface area contributed by atoms with Crippen LogP contribution in [0.2, 0.25) is 0 Å². The largest absolute Gasteiger partial charge is 0.389 e. The third-order valence-electron chi connectivity index (χ3n) is 6.96. The molecule has 4 heterocycles. The number of hydrogen-bond donors (Lipinski definition) is 1. The maximum absolute atomic E-state index is 10.9. The number of nitrogens with zero attached hydrogens (tertiary/aromatic N) is 7.